The van der Waals surface area contributed by atoms with Gasteiger partial charge < -0.3 is 9.84 Å². The summed E-state index contributed by atoms with van der Waals surface area (Å²) in [5.74, 6) is -0.576. The Bertz CT molecular complexity index is 688. The Morgan fingerprint density at radius 2 is 1.71 bits per heavy atom. The number of rotatable bonds is 4. The van der Waals surface area contributed by atoms with Crippen LogP contribution in [0.25, 0.3) is 0 Å². The van der Waals surface area contributed by atoms with Gasteiger partial charge in [0.2, 0.25) is 5.60 Å². The minimum Gasteiger partial charge on any atom is -0.460 e. The Hall–Kier alpha value is -1.47. The van der Waals surface area contributed by atoms with E-state index in [0.29, 0.717) is 23.2 Å². The van der Waals surface area contributed by atoms with Crippen LogP contribution in [0.3, 0.4) is 0 Å². The van der Waals surface area contributed by atoms with E-state index in [0.717, 1.165) is 12.8 Å². The number of hydrogen-bond donors (Lipinski definition) is 1. The van der Waals surface area contributed by atoms with Gasteiger partial charge >= 0.3 is 5.97 Å². The molecule has 0 spiro atoms. The Labute approximate surface area is 149 Å². The van der Waals surface area contributed by atoms with Gasteiger partial charge in [-0.3, -0.25) is 4.90 Å². The summed E-state index contributed by atoms with van der Waals surface area (Å²) in [6, 6.07) is 4.20. The molecule has 2 bridgehead atoms. The molecule has 1 N–H and O–H groups in total. The van der Waals surface area contributed by atoms with Crippen LogP contribution in [0.5, 0.6) is 0 Å². The van der Waals surface area contributed by atoms with Crippen molar-refractivity contribution in [2.75, 3.05) is 7.05 Å². The number of esters is 1. The average molecular weight is 361 g/mol. The Kier molecular flexibility index (Phi) is 4.08. The van der Waals surface area contributed by atoms with Gasteiger partial charge in [-0.1, -0.05) is 12.2 Å². The summed E-state index contributed by atoms with van der Waals surface area (Å²) in [7, 11) is 2.10. The summed E-state index contributed by atoms with van der Waals surface area (Å²) in [5, 5.41) is 18.6. The van der Waals surface area contributed by atoms with Gasteiger partial charge in [0.05, 0.1) is 0 Å². The van der Waals surface area contributed by atoms with Crippen molar-refractivity contribution in [3.63, 3.8) is 0 Å². The van der Waals surface area contributed by atoms with Gasteiger partial charge in [-0.2, -0.15) is 22.7 Å². The van der Waals surface area contributed by atoms with Crippen LogP contribution in [0.1, 0.15) is 24.0 Å². The lowest BCUT2D eigenvalue weighted by Crippen LogP contribution is -2.47. The van der Waals surface area contributed by atoms with Crippen LogP contribution in [-0.4, -0.2) is 41.2 Å². The number of piperidine rings is 1. The van der Waals surface area contributed by atoms with Gasteiger partial charge in [-0.05, 0) is 40.7 Å². The molecule has 0 aromatic carbocycles. The molecule has 6 heteroatoms. The minimum atomic E-state index is -1.73. The maximum absolute atomic E-state index is 12.9. The molecule has 0 radical (unpaired) electrons. The topological polar surface area (TPSA) is 49.8 Å². The first-order valence-corrected chi connectivity index (χ1v) is 9.86. The molecule has 4 nitrogen and oxygen atoms in total. The number of nitrogens with zero attached hydrogens (tertiary/aromatic N) is 1. The molecule has 1 fully saturated rings. The second kappa shape index (κ2) is 6.11. The minimum absolute atomic E-state index is 0.164. The lowest BCUT2D eigenvalue weighted by molar-refractivity contribution is -0.170. The molecule has 2 aromatic heterocycles. The lowest BCUT2D eigenvalue weighted by atomic mass is 9.90. The van der Waals surface area contributed by atoms with E-state index in [1.54, 1.807) is 22.9 Å². The van der Waals surface area contributed by atoms with Crippen molar-refractivity contribution in [3.05, 3.63) is 56.9 Å². The molecule has 1 saturated heterocycles. The van der Waals surface area contributed by atoms with Crippen LogP contribution in [-0.2, 0) is 15.1 Å². The lowest BCUT2D eigenvalue weighted by Gasteiger charge is -2.37. The van der Waals surface area contributed by atoms with E-state index >= 15 is 0 Å². The zero-order valence-corrected chi connectivity index (χ0v) is 14.9. The number of fused-ring (bicyclic) bond motifs is 2. The van der Waals surface area contributed by atoms with Crippen molar-refractivity contribution < 1.29 is 14.6 Å². The highest BCUT2D eigenvalue weighted by Crippen LogP contribution is 2.36. The fourth-order valence-corrected chi connectivity index (χ4v) is 4.97. The molecular weight excluding hydrogens is 342 g/mol. The maximum atomic E-state index is 12.9. The highest BCUT2D eigenvalue weighted by Gasteiger charge is 2.45. The highest BCUT2D eigenvalue weighted by molar-refractivity contribution is 7.08. The van der Waals surface area contributed by atoms with Crippen molar-refractivity contribution in [1.29, 1.82) is 0 Å². The van der Waals surface area contributed by atoms with Crippen molar-refractivity contribution in [2.45, 2.75) is 36.6 Å². The van der Waals surface area contributed by atoms with Crippen LogP contribution in [0.2, 0.25) is 0 Å². The van der Waals surface area contributed by atoms with Crippen LogP contribution in [0.4, 0.5) is 0 Å². The number of ether oxygens (including phenoxy) is 1. The number of carbonyl (C=O) groups is 1. The van der Waals surface area contributed by atoms with Crippen molar-refractivity contribution in [1.82, 2.24) is 4.90 Å². The Balaban J connectivity index is 1.57. The monoisotopic (exact) mass is 361 g/mol. The van der Waals surface area contributed by atoms with Crippen molar-refractivity contribution in [3.8, 4) is 0 Å². The van der Waals surface area contributed by atoms with Gasteiger partial charge in [0.25, 0.3) is 0 Å². The van der Waals surface area contributed by atoms with Gasteiger partial charge in [0.1, 0.15) is 6.10 Å². The summed E-state index contributed by atoms with van der Waals surface area (Å²) in [6.45, 7) is 0. The standard InChI is InChI=1S/C18H19NO3S2/c1-19-14-2-3-15(19)9-16(8-14)22-17(20)18(21,12-4-6-23-10-12)13-5-7-24-11-13/h2-7,10-11,14-16,21H,8-9H2,1H3/t14-,15+,16?. The van der Waals surface area contributed by atoms with Gasteiger partial charge in [-0.25, -0.2) is 4.79 Å². The second-order valence-corrected chi connectivity index (χ2v) is 7.98. The first-order chi connectivity index (χ1) is 11.6. The van der Waals surface area contributed by atoms with E-state index < -0.39 is 11.6 Å². The van der Waals surface area contributed by atoms with Gasteiger partial charge in [-0.15, -0.1) is 0 Å². The third-order valence-electron chi connectivity index (χ3n) is 5.06. The molecular formula is C18H19NO3S2. The Morgan fingerprint density at radius 1 is 1.17 bits per heavy atom. The summed E-state index contributed by atoms with van der Waals surface area (Å²) in [5.41, 5.74) is -0.578. The predicted molar refractivity (Wildman–Crippen MR) is 95.2 cm³/mol. The summed E-state index contributed by atoms with van der Waals surface area (Å²) < 4.78 is 5.79. The van der Waals surface area contributed by atoms with E-state index in [1.807, 2.05) is 10.8 Å². The van der Waals surface area contributed by atoms with E-state index in [9.17, 15) is 9.90 Å². The van der Waals surface area contributed by atoms with Crippen LogP contribution < -0.4 is 0 Å². The largest absolute Gasteiger partial charge is 0.460 e. The molecule has 0 saturated carbocycles. The summed E-state index contributed by atoms with van der Waals surface area (Å²) in [6.07, 6.45) is 5.75. The van der Waals surface area contributed by atoms with Crippen molar-refractivity contribution >= 4 is 28.6 Å². The van der Waals surface area contributed by atoms with Gasteiger partial charge in [0, 0.05) is 36.1 Å². The number of likely N-dealkylation sites (N-methyl/N-ethyl adjacent to an activating group) is 1. The molecule has 2 aliphatic heterocycles. The van der Waals surface area contributed by atoms with Crippen LogP contribution in [0.15, 0.2) is 45.8 Å². The normalized spacial score (nSPS) is 26.7. The van der Waals surface area contributed by atoms with E-state index in [1.165, 1.54) is 22.7 Å². The third kappa shape index (κ3) is 2.54. The highest BCUT2D eigenvalue weighted by atomic mass is 32.1. The molecule has 2 aliphatic rings. The molecule has 2 aromatic rings. The molecule has 0 amide bonds. The Morgan fingerprint density at radius 3 is 2.17 bits per heavy atom. The average Bonchev–Trinajstić information content (AvgIpc) is 3.30. The van der Waals surface area contributed by atoms with Crippen LogP contribution >= 0.6 is 22.7 Å². The number of aliphatic hydroxyl groups is 1. The molecule has 0 aliphatic carbocycles. The predicted octanol–water partition coefficient (Wildman–Crippen LogP) is 2.99. The zero-order valence-electron chi connectivity index (χ0n) is 13.3. The smallest absolute Gasteiger partial charge is 0.348 e. The molecule has 24 heavy (non-hydrogen) atoms. The van der Waals surface area contributed by atoms with Crippen LogP contribution in [0, 0.1) is 0 Å². The number of thiophene rings is 2. The fourth-order valence-electron chi connectivity index (χ4n) is 3.57. The maximum Gasteiger partial charge on any atom is 0.348 e. The summed E-state index contributed by atoms with van der Waals surface area (Å²) >= 11 is 2.91. The first-order valence-electron chi connectivity index (χ1n) is 7.98. The van der Waals surface area contributed by atoms with Gasteiger partial charge in [0.15, 0.2) is 0 Å². The molecule has 126 valence electrons. The zero-order chi connectivity index (χ0) is 16.7. The third-order valence-corrected chi connectivity index (χ3v) is 6.42. The number of carbonyl (C=O) groups excluding carboxylic acids is 1. The van der Waals surface area contributed by atoms with E-state index in [2.05, 4.69) is 24.1 Å². The van der Waals surface area contributed by atoms with Crippen molar-refractivity contribution in [2.24, 2.45) is 0 Å². The fraction of sp³-hybridized carbons (Fsp3) is 0.389. The first kappa shape index (κ1) is 16.0. The van der Waals surface area contributed by atoms with E-state index in [-0.39, 0.29) is 6.10 Å². The quantitative estimate of drug-likeness (QED) is 0.672. The molecule has 4 rings (SSSR count). The molecule has 4 heterocycles. The number of hydrogen-bond acceptors (Lipinski definition) is 6. The summed E-state index contributed by atoms with van der Waals surface area (Å²) in [4.78, 5) is 15.2. The second-order valence-electron chi connectivity index (χ2n) is 6.42. The molecule has 3 atom stereocenters. The molecule has 1 unspecified atom stereocenters. The SMILES string of the molecule is CN1[C@@H]2C=C[C@H]1CC(OC(=O)C(O)(c1ccsc1)c1ccsc1)C2. The van der Waals surface area contributed by atoms with E-state index in [4.69, 9.17) is 4.74 Å².